The van der Waals surface area contributed by atoms with Gasteiger partial charge in [-0.1, -0.05) is 41.9 Å². The highest BCUT2D eigenvalue weighted by Crippen LogP contribution is 2.33. The second-order valence-corrected chi connectivity index (χ2v) is 6.25. The third-order valence-corrected chi connectivity index (χ3v) is 4.51. The Labute approximate surface area is 152 Å². The number of nitrogens with zero attached hydrogens (tertiary/aromatic N) is 2. The molecule has 2 nitrogen and oxygen atoms in total. The molecule has 130 valence electrons. The van der Waals surface area contributed by atoms with Gasteiger partial charge in [0.05, 0.1) is 16.6 Å². The Kier molecular flexibility index (Phi) is 3.96. The monoisotopic (exact) mass is 372 g/mol. The van der Waals surface area contributed by atoms with E-state index in [9.17, 15) is 13.2 Å². The van der Waals surface area contributed by atoms with Crippen LogP contribution in [0.25, 0.3) is 27.8 Å². The molecule has 0 aliphatic carbocycles. The van der Waals surface area contributed by atoms with Gasteiger partial charge in [0.25, 0.3) is 0 Å². The number of hydrogen-bond acceptors (Lipinski definition) is 1. The first-order chi connectivity index (χ1) is 12.4. The van der Waals surface area contributed by atoms with Crippen LogP contribution in [0.1, 0.15) is 5.56 Å². The van der Waals surface area contributed by atoms with E-state index >= 15 is 0 Å². The maximum Gasteiger partial charge on any atom is 0.416 e. The number of fused-ring (bicyclic) bond motifs is 1. The van der Waals surface area contributed by atoms with Crippen molar-refractivity contribution in [1.29, 1.82) is 0 Å². The van der Waals surface area contributed by atoms with Gasteiger partial charge in [-0.15, -0.1) is 0 Å². The van der Waals surface area contributed by atoms with E-state index in [0.29, 0.717) is 16.1 Å². The van der Waals surface area contributed by atoms with E-state index < -0.39 is 11.7 Å². The van der Waals surface area contributed by atoms with Gasteiger partial charge in [-0.2, -0.15) is 13.2 Å². The molecule has 1 aromatic heterocycles. The van der Waals surface area contributed by atoms with Crippen molar-refractivity contribution < 1.29 is 13.2 Å². The van der Waals surface area contributed by atoms with Crippen LogP contribution in [0.4, 0.5) is 13.2 Å². The molecule has 0 fully saturated rings. The van der Waals surface area contributed by atoms with Crippen LogP contribution in [0.3, 0.4) is 0 Å². The maximum atomic E-state index is 12.9. The first-order valence-electron chi connectivity index (χ1n) is 7.83. The first kappa shape index (κ1) is 16.7. The molecule has 4 rings (SSSR count). The lowest BCUT2D eigenvalue weighted by Gasteiger charge is -2.10. The van der Waals surface area contributed by atoms with Crippen molar-refractivity contribution in [2.24, 2.45) is 0 Å². The summed E-state index contributed by atoms with van der Waals surface area (Å²) in [6, 6.07) is 18.7. The molecule has 0 spiro atoms. The molecule has 0 bridgehead atoms. The zero-order valence-electron chi connectivity index (χ0n) is 13.3. The Bertz CT molecular complexity index is 1100. The molecule has 4 aromatic rings. The summed E-state index contributed by atoms with van der Waals surface area (Å²) in [5, 5.41) is 0.634. The van der Waals surface area contributed by atoms with Crippen LogP contribution < -0.4 is 0 Å². The van der Waals surface area contributed by atoms with Crippen LogP contribution in [0.15, 0.2) is 73.1 Å². The number of alkyl halides is 3. The molecule has 26 heavy (non-hydrogen) atoms. The lowest BCUT2D eigenvalue weighted by Crippen LogP contribution is -2.04. The van der Waals surface area contributed by atoms with Gasteiger partial charge in [0.2, 0.25) is 0 Å². The molecule has 1 heterocycles. The van der Waals surface area contributed by atoms with E-state index in [1.54, 1.807) is 4.57 Å². The van der Waals surface area contributed by atoms with E-state index in [-0.39, 0.29) is 0 Å². The fourth-order valence-electron chi connectivity index (χ4n) is 2.91. The van der Waals surface area contributed by atoms with E-state index in [4.69, 9.17) is 11.6 Å². The van der Waals surface area contributed by atoms with E-state index in [1.807, 2.05) is 48.5 Å². The molecule has 0 unspecified atom stereocenters. The highest BCUT2D eigenvalue weighted by Gasteiger charge is 2.30. The lowest BCUT2D eigenvalue weighted by atomic mass is 10.0. The third kappa shape index (κ3) is 2.95. The Morgan fingerprint density at radius 3 is 2.46 bits per heavy atom. The number of rotatable bonds is 2. The molecule has 0 amide bonds. The van der Waals surface area contributed by atoms with Gasteiger partial charge in [-0.3, -0.25) is 4.57 Å². The summed E-state index contributed by atoms with van der Waals surface area (Å²) in [4.78, 5) is 4.13. The molecular weight excluding hydrogens is 361 g/mol. The minimum atomic E-state index is -4.39. The molecular formula is C20H12ClF3N2. The van der Waals surface area contributed by atoms with Crippen LogP contribution >= 0.6 is 11.6 Å². The maximum absolute atomic E-state index is 12.9. The molecule has 0 N–H and O–H groups in total. The second-order valence-electron chi connectivity index (χ2n) is 5.85. The van der Waals surface area contributed by atoms with Gasteiger partial charge >= 0.3 is 6.18 Å². The standard InChI is InChI=1S/C20H12ClF3N2/c21-17-7-2-1-6-16(17)13-4-3-5-15(10-13)26-12-25-18-11-14(20(22,23)24)8-9-19(18)26/h1-12H. The lowest BCUT2D eigenvalue weighted by molar-refractivity contribution is -0.137. The fourth-order valence-corrected chi connectivity index (χ4v) is 3.16. The topological polar surface area (TPSA) is 17.8 Å². The summed E-state index contributed by atoms with van der Waals surface area (Å²) in [5.41, 5.74) is 2.80. The molecule has 0 atom stereocenters. The molecule has 3 aromatic carbocycles. The number of imidazole rings is 1. The van der Waals surface area contributed by atoms with Crippen LogP contribution in [-0.4, -0.2) is 9.55 Å². The minimum absolute atomic E-state index is 0.294. The van der Waals surface area contributed by atoms with Gasteiger partial charge < -0.3 is 0 Å². The van der Waals surface area contributed by atoms with Gasteiger partial charge in [-0.25, -0.2) is 4.98 Å². The first-order valence-corrected chi connectivity index (χ1v) is 8.21. The van der Waals surface area contributed by atoms with Crippen molar-refractivity contribution in [3.05, 3.63) is 83.6 Å². The molecule has 0 aliphatic heterocycles. The quantitative estimate of drug-likeness (QED) is 0.400. The number of halogens is 4. The Balaban J connectivity index is 1.81. The Morgan fingerprint density at radius 2 is 1.69 bits per heavy atom. The molecule has 0 saturated carbocycles. The summed E-state index contributed by atoms with van der Waals surface area (Å²) in [5.74, 6) is 0. The molecule has 0 saturated heterocycles. The van der Waals surface area contributed by atoms with E-state index in [2.05, 4.69) is 4.98 Å². The van der Waals surface area contributed by atoms with Crippen molar-refractivity contribution in [2.45, 2.75) is 6.18 Å². The van der Waals surface area contributed by atoms with Crippen molar-refractivity contribution in [2.75, 3.05) is 0 Å². The van der Waals surface area contributed by atoms with E-state index in [1.165, 1.54) is 12.4 Å². The predicted molar refractivity (Wildman–Crippen MR) is 96.5 cm³/mol. The predicted octanol–water partition coefficient (Wildman–Crippen LogP) is 6.36. The van der Waals surface area contributed by atoms with Crippen molar-refractivity contribution in [1.82, 2.24) is 9.55 Å². The van der Waals surface area contributed by atoms with E-state index in [0.717, 1.165) is 28.9 Å². The second kappa shape index (κ2) is 6.18. The number of benzene rings is 3. The minimum Gasteiger partial charge on any atom is -0.299 e. The highest BCUT2D eigenvalue weighted by atomic mass is 35.5. The normalized spacial score (nSPS) is 11.8. The molecule has 6 heteroatoms. The van der Waals surface area contributed by atoms with Crippen LogP contribution in [-0.2, 0) is 6.18 Å². The average molecular weight is 373 g/mol. The smallest absolute Gasteiger partial charge is 0.299 e. The fraction of sp³-hybridized carbons (Fsp3) is 0.0500. The van der Waals surface area contributed by atoms with Crippen molar-refractivity contribution in [3.8, 4) is 16.8 Å². The zero-order chi connectivity index (χ0) is 18.3. The van der Waals surface area contributed by atoms with Crippen LogP contribution in [0.5, 0.6) is 0 Å². The summed E-state index contributed by atoms with van der Waals surface area (Å²) in [7, 11) is 0. The number of aromatic nitrogens is 2. The number of hydrogen-bond donors (Lipinski definition) is 0. The Morgan fingerprint density at radius 1 is 0.885 bits per heavy atom. The highest BCUT2D eigenvalue weighted by molar-refractivity contribution is 6.33. The van der Waals surface area contributed by atoms with Gasteiger partial charge in [0.15, 0.2) is 0 Å². The summed E-state index contributed by atoms with van der Waals surface area (Å²) in [6.45, 7) is 0. The molecule has 0 radical (unpaired) electrons. The average Bonchev–Trinajstić information content (AvgIpc) is 3.05. The van der Waals surface area contributed by atoms with Gasteiger partial charge in [0, 0.05) is 16.3 Å². The summed E-state index contributed by atoms with van der Waals surface area (Å²) < 4.78 is 40.4. The van der Waals surface area contributed by atoms with Crippen molar-refractivity contribution in [3.63, 3.8) is 0 Å². The summed E-state index contributed by atoms with van der Waals surface area (Å²) in [6.07, 6.45) is -2.86. The van der Waals surface area contributed by atoms with Gasteiger partial charge in [0.1, 0.15) is 6.33 Å². The summed E-state index contributed by atoms with van der Waals surface area (Å²) >= 11 is 6.27. The molecule has 0 aliphatic rings. The van der Waals surface area contributed by atoms with Gasteiger partial charge in [-0.05, 0) is 42.0 Å². The SMILES string of the molecule is FC(F)(F)c1ccc2c(c1)ncn2-c1cccc(-c2ccccc2Cl)c1. The van der Waals surface area contributed by atoms with Crippen LogP contribution in [0.2, 0.25) is 5.02 Å². The Hall–Kier alpha value is -2.79. The van der Waals surface area contributed by atoms with Crippen molar-refractivity contribution >= 4 is 22.6 Å². The largest absolute Gasteiger partial charge is 0.416 e. The third-order valence-electron chi connectivity index (χ3n) is 4.18. The van der Waals surface area contributed by atoms with Crippen LogP contribution in [0, 0.1) is 0 Å². The zero-order valence-corrected chi connectivity index (χ0v) is 14.1.